The van der Waals surface area contributed by atoms with Gasteiger partial charge in [0.2, 0.25) is 0 Å². The molecule has 0 aliphatic rings. The Labute approximate surface area is 102 Å². The number of nitrogens with one attached hydrogen (secondary N) is 1. The maximum Gasteiger partial charge on any atom is 0.137 e. The van der Waals surface area contributed by atoms with E-state index in [1.165, 1.54) is 12.1 Å². The molecule has 0 atom stereocenters. The SMILES string of the molecule is Fc1ccc(-c2ncc(-c3cccs3)[nH]2)cc1. The first-order valence-electron chi connectivity index (χ1n) is 5.18. The van der Waals surface area contributed by atoms with Crippen LogP contribution in [-0.2, 0) is 0 Å². The van der Waals surface area contributed by atoms with Gasteiger partial charge in [0, 0.05) is 5.56 Å². The van der Waals surface area contributed by atoms with Gasteiger partial charge in [-0.25, -0.2) is 9.37 Å². The summed E-state index contributed by atoms with van der Waals surface area (Å²) in [5.74, 6) is 0.521. The van der Waals surface area contributed by atoms with Crippen molar-refractivity contribution >= 4 is 11.3 Å². The van der Waals surface area contributed by atoms with Crippen LogP contribution in [0, 0.1) is 5.82 Å². The van der Waals surface area contributed by atoms with E-state index in [-0.39, 0.29) is 5.82 Å². The normalized spacial score (nSPS) is 10.6. The number of nitrogens with zero attached hydrogens (tertiary/aromatic N) is 1. The number of benzene rings is 1. The number of halogens is 1. The van der Waals surface area contributed by atoms with Crippen molar-refractivity contribution in [3.8, 4) is 22.0 Å². The van der Waals surface area contributed by atoms with E-state index < -0.39 is 0 Å². The van der Waals surface area contributed by atoms with E-state index in [4.69, 9.17) is 0 Å². The highest BCUT2D eigenvalue weighted by molar-refractivity contribution is 7.13. The van der Waals surface area contributed by atoms with Gasteiger partial charge in [-0.15, -0.1) is 11.3 Å². The molecule has 0 saturated carbocycles. The number of H-pyrrole nitrogens is 1. The smallest absolute Gasteiger partial charge is 0.137 e. The third kappa shape index (κ3) is 1.99. The van der Waals surface area contributed by atoms with Crippen LogP contribution in [-0.4, -0.2) is 9.97 Å². The third-order valence-electron chi connectivity index (χ3n) is 2.48. The number of aromatic amines is 1. The van der Waals surface area contributed by atoms with Crippen LogP contribution in [0.3, 0.4) is 0 Å². The summed E-state index contributed by atoms with van der Waals surface area (Å²) in [7, 11) is 0. The van der Waals surface area contributed by atoms with Gasteiger partial charge in [0.15, 0.2) is 0 Å². The van der Waals surface area contributed by atoms with Gasteiger partial charge in [-0.3, -0.25) is 0 Å². The molecule has 2 heterocycles. The minimum absolute atomic E-state index is 0.237. The summed E-state index contributed by atoms with van der Waals surface area (Å²) in [4.78, 5) is 8.67. The summed E-state index contributed by atoms with van der Waals surface area (Å²) in [5, 5.41) is 2.02. The number of rotatable bonds is 2. The quantitative estimate of drug-likeness (QED) is 0.726. The first-order valence-corrected chi connectivity index (χ1v) is 6.06. The van der Waals surface area contributed by atoms with Crippen LogP contribution in [0.1, 0.15) is 0 Å². The molecule has 2 aromatic heterocycles. The predicted octanol–water partition coefficient (Wildman–Crippen LogP) is 3.94. The predicted molar refractivity (Wildman–Crippen MR) is 67.3 cm³/mol. The molecule has 4 heteroatoms. The van der Waals surface area contributed by atoms with Gasteiger partial charge in [0.05, 0.1) is 16.8 Å². The second-order valence-corrected chi connectivity index (χ2v) is 4.58. The minimum atomic E-state index is -0.237. The average Bonchev–Trinajstić information content (AvgIpc) is 3.00. The van der Waals surface area contributed by atoms with E-state index in [2.05, 4.69) is 9.97 Å². The van der Waals surface area contributed by atoms with E-state index in [0.29, 0.717) is 0 Å². The largest absolute Gasteiger partial charge is 0.337 e. The number of hydrogen-bond acceptors (Lipinski definition) is 2. The van der Waals surface area contributed by atoms with Gasteiger partial charge in [-0.2, -0.15) is 0 Å². The zero-order valence-electron chi connectivity index (χ0n) is 8.85. The first-order chi connectivity index (χ1) is 8.33. The molecule has 1 aromatic carbocycles. The average molecular weight is 244 g/mol. The molecule has 0 bridgehead atoms. The molecule has 17 heavy (non-hydrogen) atoms. The van der Waals surface area contributed by atoms with Crippen LogP contribution in [0.25, 0.3) is 22.0 Å². The van der Waals surface area contributed by atoms with Gasteiger partial charge < -0.3 is 4.98 Å². The van der Waals surface area contributed by atoms with Crippen molar-refractivity contribution in [1.82, 2.24) is 9.97 Å². The number of imidazole rings is 1. The Hall–Kier alpha value is -1.94. The number of aromatic nitrogens is 2. The lowest BCUT2D eigenvalue weighted by Crippen LogP contribution is -1.81. The third-order valence-corrected chi connectivity index (χ3v) is 3.38. The van der Waals surface area contributed by atoms with Crippen LogP contribution < -0.4 is 0 Å². The maximum atomic E-state index is 12.8. The molecular formula is C13H9FN2S. The standard InChI is InChI=1S/C13H9FN2S/c14-10-5-3-9(4-6-10)13-15-8-11(16-13)12-2-1-7-17-12/h1-8H,(H,15,16). The minimum Gasteiger partial charge on any atom is -0.337 e. The van der Waals surface area contributed by atoms with Crippen molar-refractivity contribution in [1.29, 1.82) is 0 Å². The van der Waals surface area contributed by atoms with E-state index in [1.54, 1.807) is 29.7 Å². The molecule has 0 unspecified atom stereocenters. The molecule has 84 valence electrons. The highest BCUT2D eigenvalue weighted by atomic mass is 32.1. The number of hydrogen-bond donors (Lipinski definition) is 1. The Morgan fingerprint density at radius 1 is 1.12 bits per heavy atom. The molecule has 0 radical (unpaired) electrons. The summed E-state index contributed by atoms with van der Waals surface area (Å²) in [6.45, 7) is 0. The molecule has 3 rings (SSSR count). The molecule has 3 aromatic rings. The van der Waals surface area contributed by atoms with Gasteiger partial charge in [0.25, 0.3) is 0 Å². The van der Waals surface area contributed by atoms with E-state index in [9.17, 15) is 4.39 Å². The van der Waals surface area contributed by atoms with Crippen molar-refractivity contribution in [3.63, 3.8) is 0 Å². The van der Waals surface area contributed by atoms with Gasteiger partial charge in [0.1, 0.15) is 11.6 Å². The van der Waals surface area contributed by atoms with Crippen LogP contribution >= 0.6 is 11.3 Å². The van der Waals surface area contributed by atoms with Gasteiger partial charge in [-0.05, 0) is 35.7 Å². The lowest BCUT2D eigenvalue weighted by molar-refractivity contribution is 0.628. The van der Waals surface area contributed by atoms with E-state index in [1.807, 2.05) is 17.5 Å². The first kappa shape index (κ1) is 10.2. The molecule has 0 spiro atoms. The summed E-state index contributed by atoms with van der Waals surface area (Å²) >= 11 is 1.66. The molecule has 0 saturated heterocycles. The second kappa shape index (κ2) is 4.14. The van der Waals surface area contributed by atoms with Crippen molar-refractivity contribution in [3.05, 3.63) is 53.8 Å². The molecule has 1 N–H and O–H groups in total. The van der Waals surface area contributed by atoms with Crippen molar-refractivity contribution < 1.29 is 4.39 Å². The van der Waals surface area contributed by atoms with Crippen LogP contribution in [0.4, 0.5) is 4.39 Å². The summed E-state index contributed by atoms with van der Waals surface area (Å²) < 4.78 is 12.8. The van der Waals surface area contributed by atoms with Crippen molar-refractivity contribution in [2.45, 2.75) is 0 Å². The zero-order chi connectivity index (χ0) is 11.7. The second-order valence-electron chi connectivity index (χ2n) is 3.63. The molecular weight excluding hydrogens is 235 g/mol. The Morgan fingerprint density at radius 3 is 2.65 bits per heavy atom. The fourth-order valence-corrected chi connectivity index (χ4v) is 2.32. The summed E-state index contributed by atoms with van der Waals surface area (Å²) in [6, 6.07) is 10.3. The monoisotopic (exact) mass is 244 g/mol. The molecule has 0 fully saturated rings. The Kier molecular flexibility index (Phi) is 2.49. The Bertz CT molecular complexity index is 611. The Morgan fingerprint density at radius 2 is 1.94 bits per heavy atom. The summed E-state index contributed by atoms with van der Waals surface area (Å²) in [6.07, 6.45) is 1.80. The molecule has 0 aliphatic carbocycles. The van der Waals surface area contributed by atoms with Crippen molar-refractivity contribution in [2.75, 3.05) is 0 Å². The molecule has 0 aliphatic heterocycles. The highest BCUT2D eigenvalue weighted by Gasteiger charge is 2.05. The fraction of sp³-hybridized carbons (Fsp3) is 0. The van der Waals surface area contributed by atoms with Crippen LogP contribution in [0.2, 0.25) is 0 Å². The molecule has 2 nitrogen and oxygen atoms in total. The maximum absolute atomic E-state index is 12.8. The summed E-state index contributed by atoms with van der Waals surface area (Å²) in [5.41, 5.74) is 1.87. The lowest BCUT2D eigenvalue weighted by Gasteiger charge is -1.96. The van der Waals surface area contributed by atoms with E-state index >= 15 is 0 Å². The van der Waals surface area contributed by atoms with Gasteiger partial charge >= 0.3 is 0 Å². The molecule has 0 amide bonds. The lowest BCUT2D eigenvalue weighted by atomic mass is 10.2. The Balaban J connectivity index is 1.98. The van der Waals surface area contributed by atoms with E-state index in [0.717, 1.165) is 22.0 Å². The van der Waals surface area contributed by atoms with Crippen molar-refractivity contribution in [2.24, 2.45) is 0 Å². The van der Waals surface area contributed by atoms with Crippen LogP contribution in [0.15, 0.2) is 48.0 Å². The van der Waals surface area contributed by atoms with Gasteiger partial charge in [-0.1, -0.05) is 6.07 Å². The fourth-order valence-electron chi connectivity index (χ4n) is 1.63. The van der Waals surface area contributed by atoms with Crippen LogP contribution in [0.5, 0.6) is 0 Å². The number of thiophene rings is 1. The highest BCUT2D eigenvalue weighted by Crippen LogP contribution is 2.25. The topological polar surface area (TPSA) is 28.7 Å². The zero-order valence-corrected chi connectivity index (χ0v) is 9.67.